The highest BCUT2D eigenvalue weighted by Gasteiger charge is 2.19. The molecule has 0 amide bonds. The molecular formula is C52H100O6. The summed E-state index contributed by atoms with van der Waals surface area (Å²) in [7, 11) is 0. The van der Waals surface area contributed by atoms with Gasteiger partial charge in [0, 0.05) is 19.3 Å². The molecule has 58 heavy (non-hydrogen) atoms. The largest absolute Gasteiger partial charge is 0.462 e. The van der Waals surface area contributed by atoms with Crippen molar-refractivity contribution in [3.8, 4) is 0 Å². The smallest absolute Gasteiger partial charge is 0.306 e. The third kappa shape index (κ3) is 45.5. The van der Waals surface area contributed by atoms with Crippen LogP contribution in [0.1, 0.15) is 291 Å². The topological polar surface area (TPSA) is 78.9 Å². The molecule has 0 fully saturated rings. The average Bonchev–Trinajstić information content (AvgIpc) is 3.21. The van der Waals surface area contributed by atoms with Crippen LogP contribution < -0.4 is 0 Å². The summed E-state index contributed by atoms with van der Waals surface area (Å²) in [4.78, 5) is 37.8. The second-order valence-corrected chi connectivity index (χ2v) is 18.3. The Morgan fingerprint density at radius 3 is 0.845 bits per heavy atom. The normalized spacial score (nSPS) is 11.9. The van der Waals surface area contributed by atoms with Gasteiger partial charge >= 0.3 is 17.9 Å². The summed E-state index contributed by atoms with van der Waals surface area (Å²) in [5, 5.41) is 0. The van der Waals surface area contributed by atoms with Crippen LogP contribution in [0.2, 0.25) is 0 Å². The molecule has 0 aliphatic rings. The van der Waals surface area contributed by atoms with E-state index in [0.29, 0.717) is 19.3 Å². The second kappa shape index (κ2) is 46.5. The van der Waals surface area contributed by atoms with Crippen molar-refractivity contribution >= 4 is 17.9 Å². The Kier molecular flexibility index (Phi) is 45.2. The second-order valence-electron chi connectivity index (χ2n) is 18.3. The van der Waals surface area contributed by atoms with E-state index in [-0.39, 0.29) is 31.1 Å². The van der Waals surface area contributed by atoms with Gasteiger partial charge in [0.15, 0.2) is 6.10 Å². The third-order valence-electron chi connectivity index (χ3n) is 11.8. The monoisotopic (exact) mass is 821 g/mol. The molecular weight excluding hydrogens is 721 g/mol. The molecule has 0 saturated carbocycles. The number of hydrogen-bond acceptors (Lipinski definition) is 6. The van der Waals surface area contributed by atoms with Crippen molar-refractivity contribution in [2.75, 3.05) is 13.2 Å². The zero-order valence-electron chi connectivity index (χ0n) is 39.5. The van der Waals surface area contributed by atoms with E-state index in [2.05, 4.69) is 27.7 Å². The number of carbonyl (C=O) groups excluding carboxylic acids is 3. The molecule has 0 N–H and O–H groups in total. The van der Waals surface area contributed by atoms with Crippen LogP contribution in [0.3, 0.4) is 0 Å². The molecule has 0 unspecified atom stereocenters. The van der Waals surface area contributed by atoms with Crippen molar-refractivity contribution in [1.82, 2.24) is 0 Å². The lowest BCUT2D eigenvalue weighted by Crippen LogP contribution is -2.30. The van der Waals surface area contributed by atoms with Gasteiger partial charge in [-0.1, -0.05) is 252 Å². The molecule has 0 rings (SSSR count). The fraction of sp³-hybridized carbons (Fsp3) is 0.942. The fourth-order valence-electron chi connectivity index (χ4n) is 7.86. The molecule has 0 saturated heterocycles. The lowest BCUT2D eigenvalue weighted by atomic mass is 10.0. The van der Waals surface area contributed by atoms with Crippen LogP contribution in [0.15, 0.2) is 0 Å². The number of hydrogen-bond donors (Lipinski definition) is 0. The van der Waals surface area contributed by atoms with Gasteiger partial charge in [-0.2, -0.15) is 0 Å². The summed E-state index contributed by atoms with van der Waals surface area (Å²) in [6.45, 7) is 9.02. The molecule has 0 aromatic rings. The van der Waals surface area contributed by atoms with Crippen LogP contribution in [0.5, 0.6) is 0 Å². The number of ether oxygens (including phenoxy) is 3. The first kappa shape index (κ1) is 56.4. The van der Waals surface area contributed by atoms with Gasteiger partial charge < -0.3 is 14.2 Å². The van der Waals surface area contributed by atoms with E-state index >= 15 is 0 Å². The molecule has 0 aromatic carbocycles. The first-order valence-electron chi connectivity index (χ1n) is 25.9. The minimum Gasteiger partial charge on any atom is -0.462 e. The summed E-state index contributed by atoms with van der Waals surface area (Å²) in [5.74, 6) is 0.00228. The van der Waals surface area contributed by atoms with Gasteiger partial charge in [-0.15, -0.1) is 0 Å². The Balaban J connectivity index is 4.21. The minimum absolute atomic E-state index is 0.0628. The molecule has 0 bridgehead atoms. The molecule has 0 heterocycles. The van der Waals surface area contributed by atoms with E-state index < -0.39 is 6.10 Å². The molecule has 0 aliphatic carbocycles. The number of carbonyl (C=O) groups is 3. The van der Waals surface area contributed by atoms with Crippen LogP contribution in [0.25, 0.3) is 0 Å². The van der Waals surface area contributed by atoms with Gasteiger partial charge in [0.05, 0.1) is 0 Å². The summed E-state index contributed by atoms with van der Waals surface area (Å²) < 4.78 is 16.8. The van der Waals surface area contributed by atoms with Gasteiger partial charge in [-0.3, -0.25) is 14.4 Å². The van der Waals surface area contributed by atoms with Crippen molar-refractivity contribution in [3.05, 3.63) is 0 Å². The molecule has 6 heteroatoms. The highest BCUT2D eigenvalue weighted by Crippen LogP contribution is 2.17. The molecule has 0 radical (unpaired) electrons. The van der Waals surface area contributed by atoms with Crippen molar-refractivity contribution in [3.63, 3.8) is 0 Å². The maximum atomic E-state index is 12.7. The lowest BCUT2D eigenvalue weighted by molar-refractivity contribution is -0.167. The number of rotatable bonds is 47. The predicted molar refractivity (Wildman–Crippen MR) is 247 cm³/mol. The van der Waals surface area contributed by atoms with E-state index in [1.165, 1.54) is 186 Å². The van der Waals surface area contributed by atoms with Crippen molar-refractivity contribution in [1.29, 1.82) is 0 Å². The molecule has 1 atom stereocenters. The summed E-state index contributed by atoms with van der Waals surface area (Å²) >= 11 is 0. The van der Waals surface area contributed by atoms with E-state index in [4.69, 9.17) is 14.2 Å². The molecule has 0 spiro atoms. The Morgan fingerprint density at radius 1 is 0.328 bits per heavy atom. The minimum atomic E-state index is -0.759. The number of esters is 3. The quantitative estimate of drug-likeness (QED) is 0.0346. The summed E-state index contributed by atoms with van der Waals surface area (Å²) in [6, 6.07) is 0. The molecule has 344 valence electrons. The SMILES string of the molecule is CCCCCCCCCCCCCCCC(=O)OC[C@H](COC(=O)CCCCCCCCCCCCCCCCCC(C)C)OC(=O)CCCCCCCCCCC. The molecule has 0 aliphatic heterocycles. The first-order valence-corrected chi connectivity index (χ1v) is 25.9. The van der Waals surface area contributed by atoms with Gasteiger partial charge in [0.1, 0.15) is 13.2 Å². The van der Waals surface area contributed by atoms with Gasteiger partial charge in [0.25, 0.3) is 0 Å². The first-order chi connectivity index (χ1) is 28.4. The van der Waals surface area contributed by atoms with Crippen LogP contribution in [-0.4, -0.2) is 37.2 Å². The zero-order valence-corrected chi connectivity index (χ0v) is 39.5. The highest BCUT2D eigenvalue weighted by atomic mass is 16.6. The Bertz CT molecular complexity index is 872. The van der Waals surface area contributed by atoms with Crippen LogP contribution in [-0.2, 0) is 28.6 Å². The number of unbranched alkanes of at least 4 members (excludes halogenated alkanes) is 34. The van der Waals surface area contributed by atoms with Crippen molar-refractivity contribution in [2.24, 2.45) is 5.92 Å². The summed E-state index contributed by atoms with van der Waals surface area (Å²) in [6.07, 6.45) is 48.0. The van der Waals surface area contributed by atoms with E-state index in [1.54, 1.807) is 0 Å². The van der Waals surface area contributed by atoms with E-state index in [9.17, 15) is 14.4 Å². The Morgan fingerprint density at radius 2 is 0.569 bits per heavy atom. The van der Waals surface area contributed by atoms with Crippen LogP contribution >= 0.6 is 0 Å². The lowest BCUT2D eigenvalue weighted by Gasteiger charge is -2.18. The highest BCUT2D eigenvalue weighted by molar-refractivity contribution is 5.71. The van der Waals surface area contributed by atoms with Crippen LogP contribution in [0.4, 0.5) is 0 Å². The third-order valence-corrected chi connectivity index (χ3v) is 11.8. The van der Waals surface area contributed by atoms with Crippen molar-refractivity contribution in [2.45, 2.75) is 297 Å². The maximum absolute atomic E-state index is 12.7. The Labute approximate surface area is 361 Å². The van der Waals surface area contributed by atoms with Crippen LogP contribution in [0, 0.1) is 5.92 Å². The predicted octanol–water partition coefficient (Wildman–Crippen LogP) is 16.7. The van der Waals surface area contributed by atoms with Gasteiger partial charge in [0.2, 0.25) is 0 Å². The van der Waals surface area contributed by atoms with Crippen molar-refractivity contribution < 1.29 is 28.6 Å². The van der Waals surface area contributed by atoms with Gasteiger partial charge in [-0.25, -0.2) is 0 Å². The molecule has 0 aromatic heterocycles. The fourth-order valence-corrected chi connectivity index (χ4v) is 7.86. The Hall–Kier alpha value is -1.59. The zero-order chi connectivity index (χ0) is 42.4. The standard InChI is InChI=1S/C52H100O6/c1-5-7-9-11-13-15-16-20-24-28-31-35-39-43-50(53)56-46-49(58-52(55)45-41-37-33-26-14-12-10-8-6-2)47-57-51(54)44-40-36-32-29-25-22-19-17-18-21-23-27-30-34-38-42-48(3)4/h48-49H,5-47H2,1-4H3/t49-/m1/s1. The summed E-state index contributed by atoms with van der Waals surface area (Å²) in [5.41, 5.74) is 0. The van der Waals surface area contributed by atoms with Gasteiger partial charge in [-0.05, 0) is 25.2 Å². The van der Waals surface area contributed by atoms with E-state index in [1.807, 2.05) is 0 Å². The van der Waals surface area contributed by atoms with E-state index in [0.717, 1.165) is 63.7 Å². The maximum Gasteiger partial charge on any atom is 0.306 e. The average molecular weight is 821 g/mol. The molecule has 6 nitrogen and oxygen atoms in total.